The van der Waals surface area contributed by atoms with Gasteiger partial charge in [-0.15, -0.1) is 0 Å². The second kappa shape index (κ2) is 17.4. The Morgan fingerprint density at radius 2 is 0.938 bits per heavy atom. The Hall–Kier alpha value is -1.12. The standard InChI is InChI=1S/C28H42O2S.Ni/c1-3-5-7-9-11-13-15-23-17-19-25(29)27(21-23)31-28-22-24(18-20-26(28)30)16-14-12-10-8-6-4-2;/h17-22,29-30H,3-16H2,1-2H3;/q;+2/p-2. The summed E-state index contributed by atoms with van der Waals surface area (Å²) in [6.07, 6.45) is 17.2. The molecule has 2 nitrogen and oxygen atoms in total. The van der Waals surface area contributed by atoms with Gasteiger partial charge in [-0.25, -0.2) is 0 Å². The van der Waals surface area contributed by atoms with Gasteiger partial charge in [0.25, 0.3) is 0 Å². The van der Waals surface area contributed by atoms with Crippen molar-refractivity contribution >= 4 is 11.8 Å². The number of aryl methyl sites for hydroxylation is 2. The topological polar surface area (TPSA) is 46.1 Å². The van der Waals surface area contributed by atoms with Gasteiger partial charge in [0.2, 0.25) is 0 Å². The first-order valence-electron chi connectivity index (χ1n) is 12.4. The predicted molar refractivity (Wildman–Crippen MR) is 130 cm³/mol. The number of benzene rings is 2. The van der Waals surface area contributed by atoms with Crippen LogP contribution in [0.1, 0.15) is 102 Å². The molecule has 2 aromatic rings. The molecule has 0 fully saturated rings. The van der Waals surface area contributed by atoms with Crippen molar-refractivity contribution in [2.75, 3.05) is 0 Å². The van der Waals surface area contributed by atoms with Gasteiger partial charge in [0.15, 0.2) is 0 Å². The Balaban J connectivity index is 0.00000512. The number of rotatable bonds is 16. The van der Waals surface area contributed by atoms with Crippen LogP contribution < -0.4 is 10.2 Å². The maximum atomic E-state index is 12.4. The maximum Gasteiger partial charge on any atom is 2.00 e. The quantitative estimate of drug-likeness (QED) is 0.175. The summed E-state index contributed by atoms with van der Waals surface area (Å²) in [5, 5.41) is 24.8. The smallest absolute Gasteiger partial charge is 0.872 e. The number of hydrogen-bond donors (Lipinski definition) is 0. The molecule has 4 heteroatoms. The van der Waals surface area contributed by atoms with Gasteiger partial charge in [-0.2, -0.15) is 0 Å². The van der Waals surface area contributed by atoms with E-state index < -0.39 is 0 Å². The summed E-state index contributed by atoms with van der Waals surface area (Å²) >= 11 is 1.34. The van der Waals surface area contributed by atoms with E-state index in [-0.39, 0.29) is 28.0 Å². The van der Waals surface area contributed by atoms with E-state index in [0.717, 1.165) is 25.7 Å². The van der Waals surface area contributed by atoms with Gasteiger partial charge in [-0.05, 0) is 48.9 Å². The van der Waals surface area contributed by atoms with Crippen molar-refractivity contribution in [2.24, 2.45) is 0 Å². The molecule has 0 heterocycles. The van der Waals surface area contributed by atoms with Gasteiger partial charge >= 0.3 is 16.5 Å². The SMILES string of the molecule is CCCCCCCCc1ccc([O-])c(Sc2cc(CCCCCCCC)ccc2[O-])c1.[Ni+2]. The Labute approximate surface area is 210 Å². The van der Waals surface area contributed by atoms with Crippen molar-refractivity contribution in [3.05, 3.63) is 47.5 Å². The Bertz CT molecular complexity index is 700. The molecule has 0 N–H and O–H groups in total. The predicted octanol–water partition coefficient (Wildman–Crippen LogP) is 7.79. The monoisotopic (exact) mass is 498 g/mol. The van der Waals surface area contributed by atoms with Crippen LogP contribution in [0.2, 0.25) is 0 Å². The zero-order valence-corrected chi connectivity index (χ0v) is 21.7. The molecule has 0 atom stereocenters. The van der Waals surface area contributed by atoms with Crippen molar-refractivity contribution in [1.82, 2.24) is 0 Å². The van der Waals surface area contributed by atoms with Crippen LogP contribution in [-0.4, -0.2) is 0 Å². The molecule has 0 radical (unpaired) electrons. The maximum absolute atomic E-state index is 12.4. The van der Waals surface area contributed by atoms with Crippen LogP contribution in [0.15, 0.2) is 46.2 Å². The second-order valence-corrected chi connectivity index (χ2v) is 9.78. The summed E-state index contributed by atoms with van der Waals surface area (Å²) in [6.45, 7) is 4.47. The van der Waals surface area contributed by atoms with E-state index in [2.05, 4.69) is 13.8 Å². The van der Waals surface area contributed by atoms with Gasteiger partial charge in [0, 0.05) is 9.79 Å². The molecular weight excluding hydrogens is 459 g/mol. The molecule has 0 aromatic heterocycles. The van der Waals surface area contributed by atoms with E-state index in [0.29, 0.717) is 9.79 Å². The third-order valence-electron chi connectivity index (χ3n) is 5.87. The summed E-state index contributed by atoms with van der Waals surface area (Å²) in [5.41, 5.74) is 2.40. The summed E-state index contributed by atoms with van der Waals surface area (Å²) < 4.78 is 0. The number of unbranched alkanes of at least 4 members (excludes halogenated alkanes) is 10. The molecule has 0 amide bonds. The zero-order valence-electron chi connectivity index (χ0n) is 19.9. The average Bonchev–Trinajstić information content (AvgIpc) is 2.77. The van der Waals surface area contributed by atoms with Crippen LogP contribution in [0.5, 0.6) is 11.5 Å². The molecule has 0 saturated heterocycles. The van der Waals surface area contributed by atoms with Gasteiger partial charge in [0.1, 0.15) is 0 Å². The van der Waals surface area contributed by atoms with Crippen LogP contribution in [-0.2, 0) is 29.3 Å². The van der Waals surface area contributed by atoms with E-state index in [4.69, 9.17) is 0 Å². The molecular formula is C28H40NiO2S. The van der Waals surface area contributed by atoms with Gasteiger partial charge < -0.3 is 10.2 Å². The van der Waals surface area contributed by atoms with Crippen molar-refractivity contribution < 1.29 is 26.7 Å². The third-order valence-corrected chi connectivity index (χ3v) is 6.95. The first-order chi connectivity index (χ1) is 15.1. The minimum atomic E-state index is 0. The molecule has 32 heavy (non-hydrogen) atoms. The van der Waals surface area contributed by atoms with E-state index in [1.165, 1.54) is 87.1 Å². The van der Waals surface area contributed by atoms with Crippen LogP contribution in [0.3, 0.4) is 0 Å². The molecule has 0 aliphatic heterocycles. The van der Waals surface area contributed by atoms with Crippen LogP contribution >= 0.6 is 11.8 Å². The van der Waals surface area contributed by atoms with Gasteiger partial charge in [0.05, 0.1) is 0 Å². The Kier molecular flexibility index (Phi) is 15.7. The van der Waals surface area contributed by atoms with Gasteiger partial charge in [-0.1, -0.05) is 126 Å². The fourth-order valence-electron chi connectivity index (χ4n) is 3.91. The van der Waals surface area contributed by atoms with Crippen molar-refractivity contribution in [3.63, 3.8) is 0 Å². The molecule has 0 aliphatic rings. The molecule has 0 aliphatic carbocycles. The first-order valence-corrected chi connectivity index (χ1v) is 13.2. The summed E-state index contributed by atoms with van der Waals surface area (Å²) in [4.78, 5) is 1.36. The fourth-order valence-corrected chi connectivity index (χ4v) is 4.91. The summed E-state index contributed by atoms with van der Waals surface area (Å²) in [7, 11) is 0. The van der Waals surface area contributed by atoms with E-state index in [9.17, 15) is 10.2 Å². The summed E-state index contributed by atoms with van der Waals surface area (Å²) in [5.74, 6) is 0.0230. The molecule has 2 rings (SSSR count). The number of hydrogen-bond acceptors (Lipinski definition) is 3. The second-order valence-electron chi connectivity index (χ2n) is 8.70. The van der Waals surface area contributed by atoms with Crippen molar-refractivity contribution in [1.29, 1.82) is 0 Å². The van der Waals surface area contributed by atoms with Gasteiger partial charge in [-0.3, -0.25) is 0 Å². The average molecular weight is 499 g/mol. The molecule has 0 saturated carbocycles. The largest absolute Gasteiger partial charge is 2.00 e. The first kappa shape index (κ1) is 28.9. The van der Waals surface area contributed by atoms with E-state index in [1.807, 2.05) is 24.3 Å². The molecule has 0 spiro atoms. The normalized spacial score (nSPS) is 10.8. The van der Waals surface area contributed by atoms with Crippen molar-refractivity contribution in [3.8, 4) is 11.5 Å². The van der Waals surface area contributed by atoms with Crippen molar-refractivity contribution in [2.45, 2.75) is 114 Å². The molecule has 0 unspecified atom stereocenters. The van der Waals surface area contributed by atoms with E-state index >= 15 is 0 Å². The Morgan fingerprint density at radius 3 is 1.34 bits per heavy atom. The molecule has 0 bridgehead atoms. The van der Waals surface area contributed by atoms with Crippen LogP contribution in [0.25, 0.3) is 0 Å². The third kappa shape index (κ3) is 11.1. The van der Waals surface area contributed by atoms with Crippen LogP contribution in [0, 0.1) is 0 Å². The molecule has 2 aromatic carbocycles. The molecule has 180 valence electrons. The van der Waals surface area contributed by atoms with Crippen LogP contribution in [0.4, 0.5) is 0 Å². The summed E-state index contributed by atoms with van der Waals surface area (Å²) in [6, 6.07) is 11.2. The fraction of sp³-hybridized carbons (Fsp3) is 0.571. The zero-order chi connectivity index (χ0) is 22.3. The minimum absolute atomic E-state index is 0. The van der Waals surface area contributed by atoms with E-state index in [1.54, 1.807) is 12.1 Å². The minimum Gasteiger partial charge on any atom is -0.872 e. The Morgan fingerprint density at radius 1 is 0.562 bits per heavy atom.